The summed E-state index contributed by atoms with van der Waals surface area (Å²) in [7, 11) is 0. The van der Waals surface area contributed by atoms with Gasteiger partial charge in [0.05, 0.1) is 4.92 Å². The van der Waals surface area contributed by atoms with Crippen LogP contribution in [0.1, 0.15) is 33.3 Å². The molecule has 0 bridgehead atoms. The molecule has 0 atom stereocenters. The molecule has 0 spiro atoms. The molecule has 1 N–H and O–H groups in total. The number of hydrogen-bond donors (Lipinski definition) is 1. The fourth-order valence-electron chi connectivity index (χ4n) is 2.49. The van der Waals surface area contributed by atoms with E-state index in [0.717, 1.165) is 16.6 Å². The first kappa shape index (κ1) is 17.1. The van der Waals surface area contributed by atoms with Crippen molar-refractivity contribution in [1.82, 2.24) is 5.32 Å². The molecular weight excluding hydrogens is 320 g/mol. The molecule has 0 saturated carbocycles. The molecule has 4 nitrogen and oxygen atoms in total. The Hall–Kier alpha value is -0.940. The quantitative estimate of drug-likeness (QED) is 0.591. The second-order valence-corrected chi connectivity index (χ2v) is 6.73. The number of benzene rings is 1. The van der Waals surface area contributed by atoms with Gasteiger partial charge >= 0.3 is 0 Å². The molecule has 0 aliphatic carbocycles. The van der Waals surface area contributed by atoms with Gasteiger partial charge in [0.2, 0.25) is 0 Å². The summed E-state index contributed by atoms with van der Waals surface area (Å²) in [5.74, 6) is 1.76. The second-order valence-electron chi connectivity index (χ2n) is 5.81. The molecule has 1 aromatic carbocycles. The zero-order valence-corrected chi connectivity index (χ0v) is 14.1. The highest BCUT2D eigenvalue weighted by atomic mass is 79.9. The Morgan fingerprint density at radius 3 is 2.35 bits per heavy atom. The molecule has 20 heavy (non-hydrogen) atoms. The number of nitrogens with zero attached hydrogens (tertiary/aromatic N) is 1. The summed E-state index contributed by atoms with van der Waals surface area (Å²) >= 11 is 3.36. The van der Waals surface area contributed by atoms with Crippen molar-refractivity contribution in [1.29, 1.82) is 0 Å². The van der Waals surface area contributed by atoms with E-state index in [2.05, 4.69) is 48.9 Å². The van der Waals surface area contributed by atoms with Crippen LogP contribution < -0.4 is 5.32 Å². The maximum atomic E-state index is 11.0. The molecule has 1 rings (SSSR count). The van der Waals surface area contributed by atoms with Gasteiger partial charge in [0, 0.05) is 22.6 Å². The third-order valence-electron chi connectivity index (χ3n) is 3.65. The number of nitro groups is 1. The molecule has 0 saturated heterocycles. The maximum Gasteiger partial charge on any atom is 0.273 e. The summed E-state index contributed by atoms with van der Waals surface area (Å²) in [6.07, 6.45) is 0. The molecule has 0 aliphatic rings. The van der Waals surface area contributed by atoms with Gasteiger partial charge in [-0.15, -0.1) is 0 Å². The van der Waals surface area contributed by atoms with Crippen molar-refractivity contribution < 1.29 is 4.92 Å². The van der Waals surface area contributed by atoms with Gasteiger partial charge in [-0.25, -0.2) is 0 Å². The highest BCUT2D eigenvalue weighted by molar-refractivity contribution is 9.10. The fourth-order valence-corrected chi connectivity index (χ4v) is 2.90. The average molecular weight is 343 g/mol. The highest BCUT2D eigenvalue weighted by Gasteiger charge is 2.18. The third kappa shape index (κ3) is 4.87. The Labute approximate surface area is 129 Å². The third-order valence-corrected chi connectivity index (χ3v) is 4.14. The summed E-state index contributed by atoms with van der Waals surface area (Å²) in [6, 6.07) is 5.06. The van der Waals surface area contributed by atoms with Gasteiger partial charge in [0.1, 0.15) is 0 Å². The van der Waals surface area contributed by atoms with E-state index in [0.29, 0.717) is 24.3 Å². The van der Waals surface area contributed by atoms with Gasteiger partial charge in [0.15, 0.2) is 0 Å². The lowest BCUT2D eigenvalue weighted by Gasteiger charge is -2.25. The van der Waals surface area contributed by atoms with Crippen molar-refractivity contribution in [2.24, 2.45) is 17.8 Å². The number of nitro benzene ring substituents is 1. The van der Waals surface area contributed by atoms with Crippen molar-refractivity contribution in [2.75, 3.05) is 6.54 Å². The van der Waals surface area contributed by atoms with E-state index in [9.17, 15) is 10.1 Å². The molecule has 1 aromatic rings. The smallest absolute Gasteiger partial charge is 0.273 e. The molecule has 0 amide bonds. The molecule has 0 unspecified atom stereocenters. The van der Waals surface area contributed by atoms with Crippen molar-refractivity contribution in [3.05, 3.63) is 38.3 Å². The van der Waals surface area contributed by atoms with Crippen molar-refractivity contribution >= 4 is 21.6 Å². The molecule has 5 heteroatoms. The van der Waals surface area contributed by atoms with Crippen LogP contribution in [0.25, 0.3) is 0 Å². The number of rotatable bonds is 7. The van der Waals surface area contributed by atoms with Crippen LogP contribution in [0.15, 0.2) is 22.7 Å². The molecule has 0 fully saturated rings. The van der Waals surface area contributed by atoms with Gasteiger partial charge in [-0.1, -0.05) is 43.6 Å². The topological polar surface area (TPSA) is 55.2 Å². The van der Waals surface area contributed by atoms with Gasteiger partial charge in [0.25, 0.3) is 5.69 Å². The minimum Gasteiger partial charge on any atom is -0.312 e. The normalized spacial score (nSPS) is 11.6. The first-order chi connectivity index (χ1) is 9.32. The summed E-state index contributed by atoms with van der Waals surface area (Å²) in [6.45, 7) is 10.3. The minimum atomic E-state index is -0.328. The number of nitrogens with one attached hydrogen (secondary N) is 1. The van der Waals surface area contributed by atoms with Crippen LogP contribution in [0.2, 0.25) is 0 Å². The lowest BCUT2D eigenvalue weighted by Crippen LogP contribution is -2.29. The Bertz CT molecular complexity index is 453. The van der Waals surface area contributed by atoms with E-state index < -0.39 is 0 Å². The van der Waals surface area contributed by atoms with Crippen molar-refractivity contribution in [3.63, 3.8) is 0 Å². The first-order valence-electron chi connectivity index (χ1n) is 6.96. The van der Waals surface area contributed by atoms with Gasteiger partial charge in [-0.2, -0.15) is 0 Å². The van der Waals surface area contributed by atoms with Gasteiger partial charge in [-0.05, 0) is 36.4 Å². The molecule has 0 aromatic heterocycles. The Kier molecular flexibility index (Phi) is 6.62. The van der Waals surface area contributed by atoms with E-state index in [4.69, 9.17) is 0 Å². The summed E-state index contributed by atoms with van der Waals surface area (Å²) in [5.41, 5.74) is 0.891. The summed E-state index contributed by atoms with van der Waals surface area (Å²) in [5, 5.41) is 14.4. The highest BCUT2D eigenvalue weighted by Crippen LogP contribution is 2.24. The van der Waals surface area contributed by atoms with Crippen LogP contribution in [0.4, 0.5) is 5.69 Å². The van der Waals surface area contributed by atoms with E-state index in [-0.39, 0.29) is 10.6 Å². The van der Waals surface area contributed by atoms with Crippen LogP contribution in [0.5, 0.6) is 0 Å². The van der Waals surface area contributed by atoms with E-state index in [1.807, 2.05) is 6.07 Å². The van der Waals surface area contributed by atoms with E-state index >= 15 is 0 Å². The zero-order valence-electron chi connectivity index (χ0n) is 12.5. The molecular formula is C15H23BrN2O2. The standard InChI is InChI=1S/C15H23BrN2O2/c1-10(2)14(11(3)4)9-17-8-12-7-13(16)5-6-15(12)18(19)20/h5-7,10-11,14,17H,8-9H2,1-4H3. The predicted octanol–water partition coefficient (Wildman–Crippen LogP) is 4.38. The van der Waals surface area contributed by atoms with Gasteiger partial charge < -0.3 is 5.32 Å². The minimum absolute atomic E-state index is 0.173. The number of halogens is 1. The van der Waals surface area contributed by atoms with Crippen LogP contribution in [-0.2, 0) is 6.54 Å². The predicted molar refractivity (Wildman–Crippen MR) is 85.7 cm³/mol. The Morgan fingerprint density at radius 2 is 1.85 bits per heavy atom. The van der Waals surface area contributed by atoms with Crippen LogP contribution in [0, 0.1) is 27.9 Å². The molecule has 112 valence electrons. The Morgan fingerprint density at radius 1 is 1.25 bits per heavy atom. The second kappa shape index (κ2) is 7.74. The summed E-state index contributed by atoms with van der Waals surface area (Å²) < 4.78 is 0.865. The van der Waals surface area contributed by atoms with Gasteiger partial charge in [-0.3, -0.25) is 10.1 Å². The largest absolute Gasteiger partial charge is 0.312 e. The fraction of sp³-hybridized carbons (Fsp3) is 0.600. The van der Waals surface area contributed by atoms with Crippen LogP contribution >= 0.6 is 15.9 Å². The molecule has 0 aliphatic heterocycles. The average Bonchev–Trinajstić information content (AvgIpc) is 2.33. The lowest BCUT2D eigenvalue weighted by molar-refractivity contribution is -0.385. The Balaban J connectivity index is 2.70. The zero-order chi connectivity index (χ0) is 15.3. The maximum absolute atomic E-state index is 11.0. The van der Waals surface area contributed by atoms with Crippen molar-refractivity contribution in [2.45, 2.75) is 34.2 Å². The summed E-state index contributed by atoms with van der Waals surface area (Å²) in [4.78, 5) is 10.7. The molecule has 0 heterocycles. The molecule has 0 radical (unpaired) electrons. The van der Waals surface area contributed by atoms with E-state index in [1.54, 1.807) is 12.1 Å². The van der Waals surface area contributed by atoms with Crippen molar-refractivity contribution in [3.8, 4) is 0 Å². The number of hydrogen-bond acceptors (Lipinski definition) is 3. The van der Waals surface area contributed by atoms with E-state index in [1.165, 1.54) is 0 Å². The SMILES string of the molecule is CC(C)C(CNCc1cc(Br)ccc1[N+](=O)[O-])C(C)C. The monoisotopic (exact) mass is 342 g/mol. The first-order valence-corrected chi connectivity index (χ1v) is 7.75. The van der Waals surface area contributed by atoms with Crippen LogP contribution in [-0.4, -0.2) is 11.5 Å². The lowest BCUT2D eigenvalue weighted by atomic mass is 9.85. The van der Waals surface area contributed by atoms with Crippen LogP contribution in [0.3, 0.4) is 0 Å².